The highest BCUT2D eigenvalue weighted by molar-refractivity contribution is 8.05. The van der Waals surface area contributed by atoms with E-state index in [1.807, 2.05) is 60.7 Å². The molecule has 0 atom stereocenters. The standard InChI is InChI=1S/C39H23N5S2/c1-3-12-25(13-4-1)35-42-36(26-14-5-2-6-15-26)44-37(43-35)28-17-9-16-27(23-28)30-19-10-20-32-34(30)46-38-39(45-32)41-33-29-18-8-7-11-24(29)21-22-31(33)40-38/h1-23H. The first-order chi connectivity index (χ1) is 22.8. The van der Waals surface area contributed by atoms with Gasteiger partial charge in [0, 0.05) is 31.9 Å². The summed E-state index contributed by atoms with van der Waals surface area (Å²) in [6, 6.07) is 47.6. The molecule has 0 saturated carbocycles. The fraction of sp³-hybridized carbons (Fsp3) is 0. The molecule has 2 aromatic heterocycles. The summed E-state index contributed by atoms with van der Waals surface area (Å²) >= 11 is 3.38. The molecular weight excluding hydrogens is 603 g/mol. The van der Waals surface area contributed by atoms with Crippen molar-refractivity contribution in [1.82, 2.24) is 24.9 Å². The summed E-state index contributed by atoms with van der Waals surface area (Å²) < 4.78 is 0. The highest BCUT2D eigenvalue weighted by Crippen LogP contribution is 2.51. The Morgan fingerprint density at radius 1 is 0.413 bits per heavy atom. The van der Waals surface area contributed by atoms with Crippen LogP contribution in [0.25, 0.3) is 67.1 Å². The van der Waals surface area contributed by atoms with Crippen molar-refractivity contribution < 1.29 is 0 Å². The van der Waals surface area contributed by atoms with Crippen LogP contribution >= 0.6 is 23.5 Å². The minimum absolute atomic E-state index is 0.635. The number of fused-ring (bicyclic) bond motifs is 5. The van der Waals surface area contributed by atoms with E-state index >= 15 is 0 Å². The van der Waals surface area contributed by atoms with Gasteiger partial charge in [-0.25, -0.2) is 24.9 Å². The molecule has 9 rings (SSSR count). The summed E-state index contributed by atoms with van der Waals surface area (Å²) in [6.45, 7) is 0. The Bertz CT molecular complexity index is 2370. The minimum Gasteiger partial charge on any atom is -0.237 e. The molecule has 7 heteroatoms. The fourth-order valence-electron chi connectivity index (χ4n) is 5.78. The second kappa shape index (κ2) is 11.2. The summed E-state index contributed by atoms with van der Waals surface area (Å²) in [7, 11) is 0. The third-order valence-corrected chi connectivity index (χ3v) is 10.4. The van der Waals surface area contributed by atoms with E-state index in [2.05, 4.69) is 78.9 Å². The highest BCUT2D eigenvalue weighted by Gasteiger charge is 2.24. The Balaban J connectivity index is 1.13. The Labute approximate surface area is 273 Å². The molecule has 0 fully saturated rings. The average Bonchev–Trinajstić information content (AvgIpc) is 3.13. The van der Waals surface area contributed by atoms with Crippen LogP contribution in [0.4, 0.5) is 0 Å². The second-order valence-electron chi connectivity index (χ2n) is 10.9. The van der Waals surface area contributed by atoms with Crippen LogP contribution in [0.5, 0.6) is 0 Å². The summed E-state index contributed by atoms with van der Waals surface area (Å²) in [4.78, 5) is 27.3. The van der Waals surface area contributed by atoms with Crippen LogP contribution in [0.2, 0.25) is 0 Å². The Morgan fingerprint density at radius 2 is 1.02 bits per heavy atom. The molecule has 0 unspecified atom stereocenters. The van der Waals surface area contributed by atoms with Gasteiger partial charge in [0.15, 0.2) is 17.5 Å². The van der Waals surface area contributed by atoms with Gasteiger partial charge in [-0.2, -0.15) is 0 Å². The molecule has 0 amide bonds. The molecule has 0 bridgehead atoms. The van der Waals surface area contributed by atoms with Crippen molar-refractivity contribution in [3.63, 3.8) is 0 Å². The maximum Gasteiger partial charge on any atom is 0.164 e. The summed E-state index contributed by atoms with van der Waals surface area (Å²) in [5, 5.41) is 4.17. The van der Waals surface area contributed by atoms with Crippen molar-refractivity contribution >= 4 is 45.3 Å². The topological polar surface area (TPSA) is 64.5 Å². The van der Waals surface area contributed by atoms with Crippen molar-refractivity contribution in [2.45, 2.75) is 19.8 Å². The monoisotopic (exact) mass is 625 g/mol. The van der Waals surface area contributed by atoms with Gasteiger partial charge in [0.1, 0.15) is 10.1 Å². The molecule has 0 N–H and O–H groups in total. The van der Waals surface area contributed by atoms with Crippen LogP contribution in [0, 0.1) is 0 Å². The zero-order valence-corrected chi connectivity index (χ0v) is 26.0. The maximum absolute atomic E-state index is 5.12. The van der Waals surface area contributed by atoms with E-state index in [1.54, 1.807) is 23.5 Å². The van der Waals surface area contributed by atoms with E-state index in [9.17, 15) is 0 Å². The van der Waals surface area contributed by atoms with Crippen molar-refractivity contribution in [3.05, 3.63) is 140 Å². The van der Waals surface area contributed by atoms with Gasteiger partial charge in [0.2, 0.25) is 0 Å². The van der Waals surface area contributed by atoms with E-state index in [1.165, 1.54) is 15.2 Å². The summed E-state index contributed by atoms with van der Waals surface area (Å²) in [6.07, 6.45) is 0. The van der Waals surface area contributed by atoms with Crippen LogP contribution in [-0.2, 0) is 0 Å². The van der Waals surface area contributed by atoms with Gasteiger partial charge in [0.05, 0.1) is 11.0 Å². The summed E-state index contributed by atoms with van der Waals surface area (Å²) in [5.41, 5.74) is 6.91. The molecule has 0 radical (unpaired) electrons. The maximum atomic E-state index is 5.12. The molecule has 6 aromatic carbocycles. The third kappa shape index (κ3) is 4.81. The van der Waals surface area contributed by atoms with Gasteiger partial charge in [0.25, 0.3) is 0 Å². The normalized spacial score (nSPS) is 12.2. The lowest BCUT2D eigenvalue weighted by molar-refractivity contribution is 0.956. The molecule has 3 heterocycles. The molecule has 0 spiro atoms. The molecule has 5 nitrogen and oxygen atoms in total. The number of nitrogens with zero attached hydrogens (tertiary/aromatic N) is 5. The number of rotatable bonds is 4. The van der Waals surface area contributed by atoms with Crippen LogP contribution in [0.15, 0.2) is 159 Å². The van der Waals surface area contributed by atoms with Crippen molar-refractivity contribution in [1.29, 1.82) is 0 Å². The van der Waals surface area contributed by atoms with Crippen LogP contribution in [0.1, 0.15) is 0 Å². The van der Waals surface area contributed by atoms with Crippen LogP contribution in [0.3, 0.4) is 0 Å². The average molecular weight is 626 g/mol. The fourth-order valence-corrected chi connectivity index (χ4v) is 8.05. The molecule has 216 valence electrons. The molecule has 0 saturated heterocycles. The smallest absolute Gasteiger partial charge is 0.164 e. The Morgan fingerprint density at radius 3 is 1.78 bits per heavy atom. The number of hydrogen-bond donors (Lipinski definition) is 0. The SMILES string of the molecule is c1ccc(-c2nc(-c3ccccc3)nc(-c3cccc(-c4cccc5c4Sc4nc6ccc7ccccc7c6nc4S5)c3)n2)cc1. The Kier molecular flexibility index (Phi) is 6.58. The number of hydrogen-bond acceptors (Lipinski definition) is 7. The van der Waals surface area contributed by atoms with E-state index < -0.39 is 0 Å². The molecule has 1 aliphatic rings. The number of aromatic nitrogens is 5. The first-order valence-electron chi connectivity index (χ1n) is 14.9. The van der Waals surface area contributed by atoms with E-state index in [0.29, 0.717) is 17.5 Å². The minimum atomic E-state index is 0.635. The van der Waals surface area contributed by atoms with Gasteiger partial charge < -0.3 is 0 Å². The number of benzene rings is 6. The highest BCUT2D eigenvalue weighted by atomic mass is 32.2. The third-order valence-electron chi connectivity index (χ3n) is 8.01. The predicted molar refractivity (Wildman–Crippen MR) is 187 cm³/mol. The van der Waals surface area contributed by atoms with E-state index in [-0.39, 0.29) is 0 Å². The van der Waals surface area contributed by atoms with E-state index in [0.717, 1.165) is 54.3 Å². The molecule has 46 heavy (non-hydrogen) atoms. The lowest BCUT2D eigenvalue weighted by Crippen LogP contribution is -2.00. The van der Waals surface area contributed by atoms with Gasteiger partial charge >= 0.3 is 0 Å². The first-order valence-corrected chi connectivity index (χ1v) is 16.6. The van der Waals surface area contributed by atoms with Gasteiger partial charge in [-0.15, -0.1) is 0 Å². The van der Waals surface area contributed by atoms with Crippen LogP contribution in [-0.4, -0.2) is 24.9 Å². The summed E-state index contributed by atoms with van der Waals surface area (Å²) in [5.74, 6) is 1.93. The first kappa shape index (κ1) is 27.0. The predicted octanol–water partition coefficient (Wildman–Crippen LogP) is 10.3. The Hall–Kier alpha value is -5.37. The zero-order valence-electron chi connectivity index (χ0n) is 24.3. The molecule has 1 aliphatic heterocycles. The van der Waals surface area contributed by atoms with Crippen LogP contribution < -0.4 is 0 Å². The van der Waals surface area contributed by atoms with E-state index in [4.69, 9.17) is 24.9 Å². The lowest BCUT2D eigenvalue weighted by atomic mass is 10.0. The van der Waals surface area contributed by atoms with Crippen molar-refractivity contribution in [3.8, 4) is 45.3 Å². The van der Waals surface area contributed by atoms with Crippen molar-refractivity contribution in [2.24, 2.45) is 0 Å². The lowest BCUT2D eigenvalue weighted by Gasteiger charge is -2.20. The van der Waals surface area contributed by atoms with Gasteiger partial charge in [-0.1, -0.05) is 145 Å². The molecular formula is C39H23N5S2. The largest absolute Gasteiger partial charge is 0.237 e. The van der Waals surface area contributed by atoms with Crippen molar-refractivity contribution in [2.75, 3.05) is 0 Å². The van der Waals surface area contributed by atoms with Gasteiger partial charge in [-0.3, -0.25) is 0 Å². The second-order valence-corrected chi connectivity index (χ2v) is 13.0. The molecule has 0 aliphatic carbocycles. The quantitative estimate of drug-likeness (QED) is 0.180. The van der Waals surface area contributed by atoms with Gasteiger partial charge in [-0.05, 0) is 34.7 Å². The zero-order chi connectivity index (χ0) is 30.5. The molecule has 8 aromatic rings.